The number of nitrogens with zero attached hydrogens (tertiary/aromatic N) is 1. The summed E-state index contributed by atoms with van der Waals surface area (Å²) in [4.78, 5) is 39.7. The highest BCUT2D eigenvalue weighted by atomic mass is 79.9. The molecule has 1 aliphatic heterocycles. The fourth-order valence-corrected chi connectivity index (χ4v) is 4.84. The van der Waals surface area contributed by atoms with E-state index < -0.39 is 5.97 Å². The second-order valence-electron chi connectivity index (χ2n) is 7.63. The van der Waals surface area contributed by atoms with Gasteiger partial charge in [0, 0.05) is 0 Å². The molecule has 3 aromatic carbocycles. The fourth-order valence-electron chi connectivity index (χ4n) is 3.47. The smallest absolute Gasteiger partial charge is 0.343 e. The quantitative estimate of drug-likeness (QED) is 0.179. The molecule has 2 amide bonds. The molecule has 1 heterocycles. The molecule has 36 heavy (non-hydrogen) atoms. The number of thioether (sulfide) groups is 1. The molecule has 0 N–H and O–H groups in total. The van der Waals surface area contributed by atoms with E-state index in [0.717, 1.165) is 17.3 Å². The Hall–Kier alpha value is -3.56. The molecular formula is C27H22BrNO6S. The number of rotatable bonds is 8. The van der Waals surface area contributed by atoms with Crippen molar-refractivity contribution < 1.29 is 28.6 Å². The SMILES string of the molecule is CCOc1cc(/C=C2\SC(=O)N(Cc3ccccc3)C2=O)cc(Br)c1OC(=O)c1ccc(OC)cc1. The third-order valence-corrected chi connectivity index (χ3v) is 6.70. The van der Waals surface area contributed by atoms with Crippen LogP contribution < -0.4 is 14.2 Å². The zero-order valence-corrected chi connectivity index (χ0v) is 21.9. The summed E-state index contributed by atoms with van der Waals surface area (Å²) in [6, 6.07) is 19.2. The van der Waals surface area contributed by atoms with Gasteiger partial charge in [0.1, 0.15) is 5.75 Å². The van der Waals surface area contributed by atoms with Gasteiger partial charge in [0.2, 0.25) is 0 Å². The van der Waals surface area contributed by atoms with E-state index in [4.69, 9.17) is 14.2 Å². The number of amides is 2. The number of carbonyl (C=O) groups is 3. The summed E-state index contributed by atoms with van der Waals surface area (Å²) in [6.45, 7) is 2.35. The van der Waals surface area contributed by atoms with E-state index in [1.807, 2.05) is 37.3 Å². The van der Waals surface area contributed by atoms with Gasteiger partial charge in [-0.2, -0.15) is 0 Å². The molecule has 9 heteroatoms. The van der Waals surface area contributed by atoms with Crippen molar-refractivity contribution in [3.05, 3.63) is 92.8 Å². The number of esters is 1. The second kappa shape index (κ2) is 11.5. The molecule has 0 bridgehead atoms. The summed E-state index contributed by atoms with van der Waals surface area (Å²) in [5.74, 6) is 0.239. The van der Waals surface area contributed by atoms with Gasteiger partial charge in [-0.15, -0.1) is 0 Å². The van der Waals surface area contributed by atoms with Gasteiger partial charge >= 0.3 is 5.97 Å². The van der Waals surface area contributed by atoms with Gasteiger partial charge in [-0.25, -0.2) is 4.79 Å². The highest BCUT2D eigenvalue weighted by molar-refractivity contribution is 9.10. The summed E-state index contributed by atoms with van der Waals surface area (Å²) in [6.07, 6.45) is 1.62. The maximum Gasteiger partial charge on any atom is 0.343 e. The third kappa shape index (κ3) is 5.80. The molecule has 4 rings (SSSR count). The minimum Gasteiger partial charge on any atom is -0.497 e. The molecule has 184 valence electrons. The van der Waals surface area contributed by atoms with Crippen LogP contribution in [0.1, 0.15) is 28.4 Å². The summed E-state index contributed by atoms with van der Waals surface area (Å²) in [7, 11) is 1.55. The lowest BCUT2D eigenvalue weighted by Gasteiger charge is -2.14. The van der Waals surface area contributed by atoms with Gasteiger partial charge in [-0.3, -0.25) is 14.5 Å². The number of carbonyl (C=O) groups excluding carboxylic acids is 3. The van der Waals surface area contributed by atoms with E-state index in [9.17, 15) is 14.4 Å². The fraction of sp³-hybridized carbons (Fsp3) is 0.148. The predicted molar refractivity (Wildman–Crippen MR) is 141 cm³/mol. The molecule has 0 saturated carbocycles. The Bertz CT molecular complexity index is 1320. The van der Waals surface area contributed by atoms with Crippen LogP contribution in [-0.2, 0) is 11.3 Å². The van der Waals surface area contributed by atoms with Crippen molar-refractivity contribution in [3.63, 3.8) is 0 Å². The first-order valence-corrected chi connectivity index (χ1v) is 12.6. The standard InChI is InChI=1S/C27H22BrNO6S/c1-3-34-22-14-18(13-21(28)24(22)35-26(31)19-9-11-20(33-2)12-10-19)15-23-25(30)29(27(32)36-23)16-17-7-5-4-6-8-17/h4-15H,3,16H2,1-2H3/b23-15-. The molecule has 0 unspecified atom stereocenters. The van der Waals surface area contributed by atoms with Gasteiger partial charge in [-0.05, 0) is 88.2 Å². The first kappa shape index (κ1) is 25.5. The molecule has 7 nitrogen and oxygen atoms in total. The first-order valence-electron chi connectivity index (χ1n) is 11.0. The van der Waals surface area contributed by atoms with Crippen molar-refractivity contribution >= 4 is 50.9 Å². The summed E-state index contributed by atoms with van der Waals surface area (Å²) in [5, 5.41) is -0.329. The molecular weight excluding hydrogens is 546 g/mol. The number of ether oxygens (including phenoxy) is 3. The average Bonchev–Trinajstić information content (AvgIpc) is 3.14. The van der Waals surface area contributed by atoms with Crippen molar-refractivity contribution in [1.29, 1.82) is 0 Å². The molecule has 0 spiro atoms. The van der Waals surface area contributed by atoms with Gasteiger partial charge in [0.25, 0.3) is 11.1 Å². The normalized spacial score (nSPS) is 14.3. The van der Waals surface area contributed by atoms with Gasteiger partial charge in [0.15, 0.2) is 11.5 Å². The van der Waals surface area contributed by atoms with E-state index in [1.165, 1.54) is 4.90 Å². The van der Waals surface area contributed by atoms with Crippen molar-refractivity contribution in [1.82, 2.24) is 4.90 Å². The van der Waals surface area contributed by atoms with Crippen molar-refractivity contribution in [2.75, 3.05) is 13.7 Å². The van der Waals surface area contributed by atoms with Gasteiger partial charge < -0.3 is 14.2 Å². The minimum atomic E-state index is -0.561. The van der Waals surface area contributed by atoms with E-state index in [2.05, 4.69) is 15.9 Å². The molecule has 1 aliphatic rings. The molecule has 1 saturated heterocycles. The molecule has 0 atom stereocenters. The Balaban J connectivity index is 1.57. The van der Waals surface area contributed by atoms with Crippen molar-refractivity contribution in [2.45, 2.75) is 13.5 Å². The summed E-state index contributed by atoms with van der Waals surface area (Å²) < 4.78 is 16.9. The van der Waals surface area contributed by atoms with Crippen LogP contribution in [-0.4, -0.2) is 35.7 Å². The number of hydrogen-bond donors (Lipinski definition) is 0. The van der Waals surface area contributed by atoms with E-state index in [-0.39, 0.29) is 23.4 Å². The molecule has 3 aromatic rings. The maximum absolute atomic E-state index is 12.9. The second-order valence-corrected chi connectivity index (χ2v) is 9.48. The van der Waals surface area contributed by atoms with Crippen LogP contribution in [0.5, 0.6) is 17.2 Å². The summed E-state index contributed by atoms with van der Waals surface area (Å²) >= 11 is 4.33. The Morgan fingerprint density at radius 3 is 2.44 bits per heavy atom. The van der Waals surface area contributed by atoms with E-state index in [1.54, 1.807) is 49.6 Å². The number of halogens is 1. The monoisotopic (exact) mass is 567 g/mol. The van der Waals surface area contributed by atoms with Crippen LogP contribution in [0.15, 0.2) is 76.1 Å². The third-order valence-electron chi connectivity index (χ3n) is 5.21. The lowest BCUT2D eigenvalue weighted by Crippen LogP contribution is -2.27. The largest absolute Gasteiger partial charge is 0.497 e. The Kier molecular flexibility index (Phi) is 8.12. The number of methoxy groups -OCH3 is 1. The van der Waals surface area contributed by atoms with Crippen molar-refractivity contribution in [2.24, 2.45) is 0 Å². The van der Waals surface area contributed by atoms with Crippen LogP contribution in [0.2, 0.25) is 0 Å². The van der Waals surface area contributed by atoms with E-state index in [0.29, 0.717) is 38.6 Å². The number of imide groups is 1. The summed E-state index contributed by atoms with van der Waals surface area (Å²) in [5.41, 5.74) is 1.83. The van der Waals surface area contributed by atoms with Crippen molar-refractivity contribution in [3.8, 4) is 17.2 Å². The zero-order chi connectivity index (χ0) is 25.7. The van der Waals surface area contributed by atoms with Crippen LogP contribution in [0.4, 0.5) is 4.79 Å². The number of benzene rings is 3. The lowest BCUT2D eigenvalue weighted by atomic mass is 10.1. The first-order chi connectivity index (χ1) is 17.4. The topological polar surface area (TPSA) is 82.1 Å². The van der Waals surface area contributed by atoms with Crippen LogP contribution in [0.25, 0.3) is 6.08 Å². The average molecular weight is 568 g/mol. The minimum absolute atomic E-state index is 0.205. The number of hydrogen-bond acceptors (Lipinski definition) is 7. The van der Waals surface area contributed by atoms with Crippen LogP contribution in [0, 0.1) is 0 Å². The highest BCUT2D eigenvalue weighted by Gasteiger charge is 2.35. The molecule has 0 radical (unpaired) electrons. The molecule has 1 fully saturated rings. The Labute approximate surface area is 221 Å². The Morgan fingerprint density at radius 1 is 1.06 bits per heavy atom. The van der Waals surface area contributed by atoms with Crippen LogP contribution in [0.3, 0.4) is 0 Å². The van der Waals surface area contributed by atoms with Crippen LogP contribution >= 0.6 is 27.7 Å². The predicted octanol–water partition coefficient (Wildman–Crippen LogP) is 6.31. The highest BCUT2D eigenvalue weighted by Crippen LogP contribution is 2.40. The lowest BCUT2D eigenvalue weighted by molar-refractivity contribution is -0.123. The van der Waals surface area contributed by atoms with Gasteiger partial charge in [-0.1, -0.05) is 30.3 Å². The maximum atomic E-state index is 12.9. The van der Waals surface area contributed by atoms with Gasteiger partial charge in [0.05, 0.1) is 35.2 Å². The zero-order valence-electron chi connectivity index (χ0n) is 19.5. The molecule has 0 aromatic heterocycles. The Morgan fingerprint density at radius 2 is 1.78 bits per heavy atom. The molecule has 0 aliphatic carbocycles. The van der Waals surface area contributed by atoms with E-state index >= 15 is 0 Å².